The van der Waals surface area contributed by atoms with Crippen molar-refractivity contribution in [3.8, 4) is 0 Å². The number of aromatic nitrogens is 1. The fourth-order valence-corrected chi connectivity index (χ4v) is 4.65. The predicted octanol–water partition coefficient (Wildman–Crippen LogP) is 4.00. The second-order valence-electron chi connectivity index (χ2n) is 5.99. The smallest absolute Gasteiger partial charge is 0.263 e. The zero-order chi connectivity index (χ0) is 19.3. The first-order valence-electron chi connectivity index (χ1n) is 8.21. The fourth-order valence-electron chi connectivity index (χ4n) is 2.58. The number of halogens is 1. The maximum atomic E-state index is 12.5. The van der Waals surface area contributed by atoms with Crippen LogP contribution in [-0.4, -0.2) is 19.2 Å². The molecule has 0 aliphatic heterocycles. The summed E-state index contributed by atoms with van der Waals surface area (Å²) in [7, 11) is -3.69. The molecule has 0 radical (unpaired) electrons. The number of pyridine rings is 1. The van der Waals surface area contributed by atoms with E-state index in [0.29, 0.717) is 16.6 Å². The van der Waals surface area contributed by atoms with Crippen LogP contribution in [0.5, 0.6) is 0 Å². The maximum absolute atomic E-state index is 12.5. The SMILES string of the molecule is O=C(Cc1ccc(NS(=O)(=O)c2ccccc2Br)cc1)Cc1cccnc1. The Bertz CT molecular complexity index is 1040. The summed E-state index contributed by atoms with van der Waals surface area (Å²) in [4.78, 5) is 16.3. The van der Waals surface area contributed by atoms with Gasteiger partial charge in [-0.2, -0.15) is 0 Å². The molecule has 7 heteroatoms. The van der Waals surface area contributed by atoms with E-state index in [1.54, 1.807) is 60.9 Å². The number of sulfonamides is 1. The predicted molar refractivity (Wildman–Crippen MR) is 108 cm³/mol. The third-order valence-corrected chi connectivity index (χ3v) is 6.25. The Morgan fingerprint density at radius 3 is 2.30 bits per heavy atom. The summed E-state index contributed by atoms with van der Waals surface area (Å²) in [5.74, 6) is 0.0737. The quantitative estimate of drug-likeness (QED) is 0.597. The maximum Gasteiger partial charge on any atom is 0.263 e. The Hall–Kier alpha value is -2.51. The lowest BCUT2D eigenvalue weighted by Crippen LogP contribution is -2.13. The zero-order valence-electron chi connectivity index (χ0n) is 14.3. The van der Waals surface area contributed by atoms with Crippen molar-refractivity contribution >= 4 is 37.4 Å². The molecule has 0 amide bonds. The average molecular weight is 445 g/mol. The van der Waals surface area contributed by atoms with Crippen molar-refractivity contribution in [1.82, 2.24) is 4.98 Å². The van der Waals surface area contributed by atoms with E-state index in [4.69, 9.17) is 0 Å². The van der Waals surface area contributed by atoms with Crippen molar-refractivity contribution in [3.05, 3.63) is 88.7 Å². The van der Waals surface area contributed by atoms with Gasteiger partial charge in [0.2, 0.25) is 0 Å². The normalized spacial score (nSPS) is 11.1. The Labute approximate surface area is 166 Å². The number of benzene rings is 2. The summed E-state index contributed by atoms with van der Waals surface area (Å²) >= 11 is 3.25. The molecule has 0 bridgehead atoms. The molecule has 3 aromatic rings. The number of Topliss-reactive ketones (excluding diaryl/α,β-unsaturated/α-hetero) is 1. The summed E-state index contributed by atoms with van der Waals surface area (Å²) in [6.07, 6.45) is 3.95. The lowest BCUT2D eigenvalue weighted by molar-refractivity contribution is -0.117. The highest BCUT2D eigenvalue weighted by atomic mass is 79.9. The van der Waals surface area contributed by atoms with Gasteiger partial charge in [-0.25, -0.2) is 8.42 Å². The molecule has 1 heterocycles. The summed E-state index contributed by atoms with van der Waals surface area (Å²) in [5.41, 5.74) is 2.14. The van der Waals surface area contributed by atoms with Gasteiger partial charge in [-0.05, 0) is 57.4 Å². The summed E-state index contributed by atoms with van der Waals surface area (Å²) in [5, 5.41) is 0. The van der Waals surface area contributed by atoms with Crippen molar-refractivity contribution in [2.75, 3.05) is 4.72 Å². The molecule has 0 fully saturated rings. The number of anilines is 1. The first-order valence-corrected chi connectivity index (χ1v) is 10.5. The lowest BCUT2D eigenvalue weighted by atomic mass is 10.0. The van der Waals surface area contributed by atoms with Crippen LogP contribution in [-0.2, 0) is 27.7 Å². The van der Waals surface area contributed by atoms with E-state index >= 15 is 0 Å². The van der Waals surface area contributed by atoms with Gasteiger partial charge < -0.3 is 0 Å². The van der Waals surface area contributed by atoms with Crippen molar-refractivity contribution in [3.63, 3.8) is 0 Å². The van der Waals surface area contributed by atoms with Crippen molar-refractivity contribution in [2.24, 2.45) is 0 Å². The molecule has 0 unspecified atom stereocenters. The molecule has 0 aliphatic carbocycles. The molecule has 3 rings (SSSR count). The molecule has 0 spiro atoms. The first kappa shape index (κ1) is 19.3. The Morgan fingerprint density at radius 1 is 0.926 bits per heavy atom. The van der Waals surface area contributed by atoms with Gasteiger partial charge in [0.1, 0.15) is 10.7 Å². The molecule has 138 valence electrons. The third-order valence-electron chi connectivity index (χ3n) is 3.86. The van der Waals surface area contributed by atoms with Crippen LogP contribution in [0.2, 0.25) is 0 Å². The molecule has 0 atom stereocenters. The largest absolute Gasteiger partial charge is 0.299 e. The van der Waals surface area contributed by atoms with Crippen LogP contribution in [0.1, 0.15) is 11.1 Å². The number of carbonyl (C=O) groups excluding carboxylic acids is 1. The molecule has 2 aromatic carbocycles. The Morgan fingerprint density at radius 2 is 1.63 bits per heavy atom. The second kappa shape index (κ2) is 8.45. The van der Waals surface area contributed by atoms with Crippen LogP contribution < -0.4 is 4.72 Å². The van der Waals surface area contributed by atoms with Gasteiger partial charge in [0, 0.05) is 35.4 Å². The molecule has 1 aromatic heterocycles. The van der Waals surface area contributed by atoms with Gasteiger partial charge in [0.25, 0.3) is 10.0 Å². The third kappa shape index (κ3) is 5.24. The highest BCUT2D eigenvalue weighted by Gasteiger charge is 2.17. The van der Waals surface area contributed by atoms with E-state index in [1.807, 2.05) is 6.07 Å². The molecular weight excluding hydrogens is 428 g/mol. The van der Waals surface area contributed by atoms with Crippen molar-refractivity contribution in [1.29, 1.82) is 0 Å². The average Bonchev–Trinajstić information content (AvgIpc) is 2.64. The van der Waals surface area contributed by atoms with Crippen molar-refractivity contribution < 1.29 is 13.2 Å². The second-order valence-corrected chi connectivity index (χ2v) is 8.49. The number of carbonyl (C=O) groups is 1. The van der Waals surface area contributed by atoms with Gasteiger partial charge in [-0.3, -0.25) is 14.5 Å². The summed E-state index contributed by atoms with van der Waals surface area (Å²) in [6.45, 7) is 0. The molecule has 5 nitrogen and oxygen atoms in total. The van der Waals surface area contributed by atoms with E-state index in [-0.39, 0.29) is 17.1 Å². The summed E-state index contributed by atoms with van der Waals surface area (Å²) in [6, 6.07) is 17.1. The molecule has 27 heavy (non-hydrogen) atoms. The zero-order valence-corrected chi connectivity index (χ0v) is 16.7. The van der Waals surface area contributed by atoms with Gasteiger partial charge in [-0.1, -0.05) is 30.3 Å². The molecule has 0 saturated carbocycles. The number of ketones is 1. The highest BCUT2D eigenvalue weighted by molar-refractivity contribution is 9.10. The van der Waals surface area contributed by atoms with E-state index in [2.05, 4.69) is 25.6 Å². The lowest BCUT2D eigenvalue weighted by Gasteiger charge is -2.10. The van der Waals surface area contributed by atoms with Gasteiger partial charge in [0.05, 0.1) is 0 Å². The van der Waals surface area contributed by atoms with Gasteiger partial charge in [-0.15, -0.1) is 0 Å². The van der Waals surface area contributed by atoms with Crippen LogP contribution in [0.15, 0.2) is 82.4 Å². The number of nitrogens with zero attached hydrogens (tertiary/aromatic N) is 1. The van der Waals surface area contributed by atoms with Gasteiger partial charge >= 0.3 is 0 Å². The molecule has 0 saturated heterocycles. The Kier molecular flexibility index (Phi) is 6.03. The van der Waals surface area contributed by atoms with E-state index in [0.717, 1.165) is 11.1 Å². The topological polar surface area (TPSA) is 76.1 Å². The summed E-state index contributed by atoms with van der Waals surface area (Å²) < 4.78 is 28.0. The van der Waals surface area contributed by atoms with Crippen molar-refractivity contribution in [2.45, 2.75) is 17.7 Å². The van der Waals surface area contributed by atoms with Crippen LogP contribution in [0.4, 0.5) is 5.69 Å². The van der Waals surface area contributed by atoms with Crippen LogP contribution in [0.3, 0.4) is 0 Å². The van der Waals surface area contributed by atoms with Crippen LogP contribution in [0, 0.1) is 0 Å². The molecule has 1 N–H and O–H groups in total. The highest BCUT2D eigenvalue weighted by Crippen LogP contribution is 2.24. The first-order chi connectivity index (χ1) is 12.9. The monoisotopic (exact) mass is 444 g/mol. The Balaban J connectivity index is 1.65. The number of rotatable bonds is 7. The van der Waals surface area contributed by atoms with E-state index in [1.165, 1.54) is 6.07 Å². The van der Waals surface area contributed by atoms with E-state index < -0.39 is 10.0 Å². The van der Waals surface area contributed by atoms with Crippen LogP contribution >= 0.6 is 15.9 Å². The number of hydrogen-bond donors (Lipinski definition) is 1. The molecule has 0 aliphatic rings. The minimum absolute atomic E-state index is 0.0737. The van der Waals surface area contributed by atoms with Crippen LogP contribution in [0.25, 0.3) is 0 Å². The number of nitrogens with one attached hydrogen (secondary N) is 1. The standard InChI is InChI=1S/C20H17BrN2O3S/c21-19-5-1-2-6-20(19)27(25,26)23-17-9-7-15(8-10-17)12-18(24)13-16-4-3-11-22-14-16/h1-11,14,23H,12-13H2. The molecular formula is C20H17BrN2O3S. The fraction of sp³-hybridized carbons (Fsp3) is 0.100. The van der Waals surface area contributed by atoms with E-state index in [9.17, 15) is 13.2 Å². The van der Waals surface area contributed by atoms with Gasteiger partial charge in [0.15, 0.2) is 0 Å². The minimum atomic E-state index is -3.69. The number of hydrogen-bond acceptors (Lipinski definition) is 4. The minimum Gasteiger partial charge on any atom is -0.299 e.